The van der Waals surface area contributed by atoms with Crippen molar-refractivity contribution in [3.8, 4) is 11.5 Å². The summed E-state index contributed by atoms with van der Waals surface area (Å²) >= 11 is 0. The number of nitrogens with one attached hydrogen (secondary N) is 1. The molecule has 6 rings (SSSR count). The average molecular weight is 473 g/mol. The highest BCUT2D eigenvalue weighted by Crippen LogP contribution is 2.36. The minimum Gasteiger partial charge on any atom is -0.463 e. The molecule has 2 aliphatic heterocycles. The van der Waals surface area contributed by atoms with E-state index in [1.165, 1.54) is 30.5 Å². The molecule has 1 saturated heterocycles. The molecule has 3 aromatic rings. The zero-order chi connectivity index (χ0) is 23.6. The average Bonchev–Trinajstić information content (AvgIpc) is 3.62. The van der Waals surface area contributed by atoms with Gasteiger partial charge in [0.2, 0.25) is 5.91 Å². The van der Waals surface area contributed by atoms with Crippen molar-refractivity contribution >= 4 is 11.6 Å². The molecule has 4 heterocycles. The number of aromatic nitrogens is 2. The Morgan fingerprint density at radius 3 is 2.63 bits per heavy atom. The lowest BCUT2D eigenvalue weighted by atomic mass is 9.86. The number of H-pyrrole nitrogens is 1. The molecular formula is C29H36N4O2. The number of carbonyl (C=O) groups excluding carboxylic acids is 1. The van der Waals surface area contributed by atoms with Gasteiger partial charge in [0.25, 0.3) is 0 Å². The molecule has 1 unspecified atom stereocenters. The van der Waals surface area contributed by atoms with Crippen molar-refractivity contribution in [2.45, 2.75) is 69.7 Å². The summed E-state index contributed by atoms with van der Waals surface area (Å²) in [6.07, 6.45) is 11.8. The molecule has 35 heavy (non-hydrogen) atoms. The number of hydrogen-bond acceptors (Lipinski definition) is 4. The van der Waals surface area contributed by atoms with Crippen LogP contribution in [-0.2, 0) is 11.2 Å². The molecule has 184 valence electrons. The van der Waals surface area contributed by atoms with Gasteiger partial charge in [0.1, 0.15) is 5.69 Å². The summed E-state index contributed by atoms with van der Waals surface area (Å²) in [5.74, 6) is 1.88. The van der Waals surface area contributed by atoms with Crippen LogP contribution in [0.2, 0.25) is 0 Å². The summed E-state index contributed by atoms with van der Waals surface area (Å²) in [4.78, 5) is 18.6. The Balaban J connectivity index is 1.12. The number of nitrogens with zero attached hydrogens (tertiary/aromatic N) is 3. The first kappa shape index (κ1) is 22.6. The van der Waals surface area contributed by atoms with Crippen molar-refractivity contribution in [1.82, 2.24) is 15.1 Å². The summed E-state index contributed by atoms with van der Waals surface area (Å²) < 4.78 is 5.50. The number of aromatic amines is 1. The maximum Gasteiger partial charge on any atom is 0.230 e. The van der Waals surface area contributed by atoms with Crippen LogP contribution >= 0.6 is 0 Å². The fourth-order valence-corrected chi connectivity index (χ4v) is 6.44. The molecule has 1 aromatic carbocycles. The van der Waals surface area contributed by atoms with Crippen LogP contribution in [0.4, 0.5) is 5.69 Å². The van der Waals surface area contributed by atoms with Crippen LogP contribution in [0.25, 0.3) is 11.5 Å². The highest BCUT2D eigenvalue weighted by molar-refractivity contribution is 5.97. The molecule has 1 aliphatic carbocycles. The van der Waals surface area contributed by atoms with Crippen molar-refractivity contribution in [2.24, 2.45) is 5.92 Å². The molecule has 2 aromatic heterocycles. The number of benzene rings is 1. The van der Waals surface area contributed by atoms with Crippen molar-refractivity contribution in [2.75, 3.05) is 24.5 Å². The van der Waals surface area contributed by atoms with Crippen molar-refractivity contribution in [3.05, 3.63) is 60.0 Å². The van der Waals surface area contributed by atoms with Crippen molar-refractivity contribution in [1.29, 1.82) is 0 Å². The SMILES string of the molecule is O=C(C1CCCCC1)N1c2ccccc2CCC1CN1CCC(c2cc(-c3ccco3)n[nH]2)CC1. The first-order valence-electron chi connectivity index (χ1n) is 13.5. The third-order valence-electron chi connectivity index (χ3n) is 8.42. The molecule has 0 radical (unpaired) electrons. The molecule has 2 fully saturated rings. The van der Waals surface area contributed by atoms with Gasteiger partial charge in [-0.25, -0.2) is 0 Å². The van der Waals surface area contributed by atoms with Crippen LogP contribution in [0.3, 0.4) is 0 Å². The van der Waals surface area contributed by atoms with E-state index in [0.717, 1.165) is 75.3 Å². The molecule has 3 aliphatic rings. The van der Waals surface area contributed by atoms with E-state index >= 15 is 0 Å². The molecule has 6 heteroatoms. The minimum atomic E-state index is 0.201. The van der Waals surface area contributed by atoms with E-state index in [0.29, 0.717) is 11.8 Å². The molecular weight excluding hydrogens is 436 g/mol. The smallest absolute Gasteiger partial charge is 0.230 e. The number of carbonyl (C=O) groups is 1. The number of furan rings is 1. The maximum absolute atomic E-state index is 13.8. The third kappa shape index (κ3) is 4.68. The van der Waals surface area contributed by atoms with Gasteiger partial charge in [-0.3, -0.25) is 9.89 Å². The minimum absolute atomic E-state index is 0.201. The Bertz CT molecular complexity index is 1120. The predicted molar refractivity (Wildman–Crippen MR) is 137 cm³/mol. The predicted octanol–water partition coefficient (Wildman–Crippen LogP) is 5.78. The van der Waals surface area contributed by atoms with Crippen LogP contribution in [-0.4, -0.2) is 46.7 Å². The number of aryl methyl sites for hydroxylation is 1. The van der Waals surface area contributed by atoms with Gasteiger partial charge >= 0.3 is 0 Å². The molecule has 0 spiro atoms. The number of para-hydroxylation sites is 1. The Kier molecular flexibility index (Phi) is 6.47. The number of amides is 1. The molecule has 0 bridgehead atoms. The molecule has 6 nitrogen and oxygen atoms in total. The Hall–Kier alpha value is -2.86. The number of likely N-dealkylation sites (tertiary alicyclic amines) is 1. The fraction of sp³-hybridized carbons (Fsp3) is 0.517. The standard InChI is InChI=1S/C29H36N4O2/c34-29(23-8-2-1-3-9-23)33-24(13-12-22-7-4-5-10-27(22)33)20-32-16-14-21(15-17-32)25-19-26(31-30-25)28-11-6-18-35-28/h4-7,10-11,18-19,21,23-24H,1-3,8-9,12-17,20H2,(H,30,31). The largest absolute Gasteiger partial charge is 0.463 e. The van der Waals surface area contributed by atoms with Crippen LogP contribution in [0.15, 0.2) is 53.1 Å². The van der Waals surface area contributed by atoms with Gasteiger partial charge in [-0.05, 0) is 81.4 Å². The topological polar surface area (TPSA) is 65.4 Å². The molecule has 1 N–H and O–H groups in total. The Labute approximate surface area is 207 Å². The fourth-order valence-electron chi connectivity index (χ4n) is 6.44. The lowest BCUT2D eigenvalue weighted by molar-refractivity contribution is -0.124. The third-order valence-corrected chi connectivity index (χ3v) is 8.42. The van der Waals surface area contributed by atoms with Gasteiger partial charge in [-0.1, -0.05) is 37.5 Å². The number of rotatable bonds is 5. The molecule has 1 atom stereocenters. The number of fused-ring (bicyclic) bond motifs is 1. The van der Waals surface area contributed by atoms with E-state index in [4.69, 9.17) is 4.42 Å². The summed E-state index contributed by atoms with van der Waals surface area (Å²) in [6.45, 7) is 3.09. The van der Waals surface area contributed by atoms with Crippen LogP contribution in [0.5, 0.6) is 0 Å². The van der Waals surface area contributed by atoms with E-state index < -0.39 is 0 Å². The van der Waals surface area contributed by atoms with Gasteiger partial charge in [0.05, 0.1) is 6.26 Å². The number of piperidine rings is 1. The van der Waals surface area contributed by atoms with Crippen LogP contribution in [0.1, 0.15) is 68.5 Å². The summed E-state index contributed by atoms with van der Waals surface area (Å²) in [6, 6.07) is 14.8. The maximum atomic E-state index is 13.8. The first-order valence-corrected chi connectivity index (χ1v) is 13.5. The van der Waals surface area contributed by atoms with E-state index in [-0.39, 0.29) is 12.0 Å². The van der Waals surface area contributed by atoms with Gasteiger partial charge in [0, 0.05) is 35.8 Å². The lowest BCUT2D eigenvalue weighted by Crippen LogP contribution is -2.52. The van der Waals surface area contributed by atoms with Gasteiger partial charge in [-0.2, -0.15) is 5.10 Å². The second-order valence-corrected chi connectivity index (χ2v) is 10.6. The normalized spacial score (nSPS) is 22.3. The zero-order valence-corrected chi connectivity index (χ0v) is 20.5. The van der Waals surface area contributed by atoms with E-state index in [2.05, 4.69) is 50.3 Å². The Morgan fingerprint density at radius 1 is 1.00 bits per heavy atom. The highest BCUT2D eigenvalue weighted by atomic mass is 16.3. The van der Waals surface area contributed by atoms with E-state index in [1.54, 1.807) is 6.26 Å². The van der Waals surface area contributed by atoms with Crippen molar-refractivity contribution < 1.29 is 9.21 Å². The van der Waals surface area contributed by atoms with Gasteiger partial charge < -0.3 is 14.2 Å². The second kappa shape index (κ2) is 10.0. The van der Waals surface area contributed by atoms with Crippen LogP contribution < -0.4 is 4.90 Å². The summed E-state index contributed by atoms with van der Waals surface area (Å²) in [5.41, 5.74) is 4.58. The van der Waals surface area contributed by atoms with E-state index in [9.17, 15) is 4.79 Å². The highest BCUT2D eigenvalue weighted by Gasteiger charge is 2.36. The summed E-state index contributed by atoms with van der Waals surface area (Å²) in [7, 11) is 0. The monoisotopic (exact) mass is 472 g/mol. The number of anilines is 1. The van der Waals surface area contributed by atoms with Gasteiger partial charge in [-0.15, -0.1) is 0 Å². The summed E-state index contributed by atoms with van der Waals surface area (Å²) in [5, 5.41) is 7.71. The van der Waals surface area contributed by atoms with Crippen molar-refractivity contribution in [3.63, 3.8) is 0 Å². The zero-order valence-electron chi connectivity index (χ0n) is 20.5. The van der Waals surface area contributed by atoms with Gasteiger partial charge in [0.15, 0.2) is 5.76 Å². The molecule has 1 saturated carbocycles. The lowest BCUT2D eigenvalue weighted by Gasteiger charge is -2.43. The first-order chi connectivity index (χ1) is 17.3. The van der Waals surface area contributed by atoms with Crippen LogP contribution in [0, 0.1) is 5.92 Å². The number of hydrogen-bond donors (Lipinski definition) is 1. The molecule has 1 amide bonds. The van der Waals surface area contributed by atoms with E-state index in [1.807, 2.05) is 12.1 Å². The second-order valence-electron chi connectivity index (χ2n) is 10.6. The quantitative estimate of drug-likeness (QED) is 0.511. The Morgan fingerprint density at radius 2 is 1.83 bits per heavy atom.